The highest BCUT2D eigenvalue weighted by atomic mass is 35.5. The second-order valence-electron chi connectivity index (χ2n) is 6.34. The van der Waals surface area contributed by atoms with E-state index in [2.05, 4.69) is 29.3 Å². The Bertz CT molecular complexity index is 512. The fourth-order valence-corrected chi connectivity index (χ4v) is 3.63. The van der Waals surface area contributed by atoms with Gasteiger partial charge in [0.15, 0.2) is 0 Å². The fraction of sp³-hybridized carbons (Fsp3) is 0.611. The van der Waals surface area contributed by atoms with Crippen LogP contribution in [0.5, 0.6) is 0 Å². The molecule has 0 radical (unpaired) electrons. The maximum Gasteiger partial charge on any atom is 0.254 e. The van der Waals surface area contributed by atoms with E-state index in [0.717, 1.165) is 44.5 Å². The van der Waals surface area contributed by atoms with Crippen LogP contribution in [0.1, 0.15) is 54.1 Å². The normalized spacial score (nSPS) is 20.1. The van der Waals surface area contributed by atoms with Crippen LogP contribution in [0.15, 0.2) is 18.2 Å². The number of nitrogens with zero attached hydrogens (tertiary/aromatic N) is 1. The number of aryl methyl sites for hydroxylation is 2. The van der Waals surface area contributed by atoms with Gasteiger partial charge in [-0.3, -0.25) is 4.79 Å². The first-order valence-electron chi connectivity index (χ1n) is 8.43. The van der Waals surface area contributed by atoms with E-state index in [4.69, 9.17) is 0 Å². The van der Waals surface area contributed by atoms with Crippen LogP contribution in [-0.2, 0) is 12.8 Å². The van der Waals surface area contributed by atoms with Gasteiger partial charge in [0.05, 0.1) is 0 Å². The van der Waals surface area contributed by atoms with Gasteiger partial charge in [-0.15, -0.1) is 12.4 Å². The minimum atomic E-state index is 0. The van der Waals surface area contributed by atoms with Gasteiger partial charge < -0.3 is 10.2 Å². The van der Waals surface area contributed by atoms with Crippen LogP contribution in [-0.4, -0.2) is 36.5 Å². The van der Waals surface area contributed by atoms with E-state index >= 15 is 0 Å². The number of halogens is 1. The average Bonchev–Trinajstić information content (AvgIpc) is 3.05. The molecule has 2 aliphatic rings. The van der Waals surface area contributed by atoms with Crippen LogP contribution in [0.3, 0.4) is 0 Å². The number of amides is 1. The van der Waals surface area contributed by atoms with Gasteiger partial charge in [-0.05, 0) is 68.3 Å². The highest BCUT2D eigenvalue weighted by Gasteiger charge is 2.27. The van der Waals surface area contributed by atoms with Crippen molar-refractivity contribution < 1.29 is 4.79 Å². The van der Waals surface area contributed by atoms with Crippen LogP contribution in [0.2, 0.25) is 0 Å². The first-order chi connectivity index (χ1) is 10.3. The molecule has 1 heterocycles. The highest BCUT2D eigenvalue weighted by Crippen LogP contribution is 2.23. The lowest BCUT2D eigenvalue weighted by molar-refractivity contribution is 0.0692. The molecule has 1 aromatic carbocycles. The number of fused-ring (bicyclic) bond motifs is 1. The van der Waals surface area contributed by atoms with Crippen molar-refractivity contribution in [1.29, 1.82) is 0 Å². The molecule has 0 spiro atoms. The van der Waals surface area contributed by atoms with Gasteiger partial charge in [0.2, 0.25) is 0 Å². The molecule has 0 bridgehead atoms. The van der Waals surface area contributed by atoms with Gasteiger partial charge in [-0.2, -0.15) is 0 Å². The maximum atomic E-state index is 12.9. The second-order valence-corrected chi connectivity index (χ2v) is 6.34. The van der Waals surface area contributed by atoms with Gasteiger partial charge >= 0.3 is 0 Å². The molecule has 3 rings (SSSR count). The van der Waals surface area contributed by atoms with Gasteiger partial charge in [-0.1, -0.05) is 13.0 Å². The van der Waals surface area contributed by atoms with Crippen LogP contribution in [0.25, 0.3) is 0 Å². The molecule has 1 N–H and O–H groups in total. The van der Waals surface area contributed by atoms with Gasteiger partial charge in [0.1, 0.15) is 0 Å². The number of hydrogen-bond donors (Lipinski definition) is 1. The summed E-state index contributed by atoms with van der Waals surface area (Å²) in [4.78, 5) is 15.0. The monoisotopic (exact) mass is 322 g/mol. The van der Waals surface area contributed by atoms with E-state index in [1.165, 1.54) is 30.4 Å². The lowest BCUT2D eigenvalue weighted by atomic mass is 9.90. The SMILES string of the molecule is CCCN(C(=O)c1ccc2c(c1)CCCC2)C1CCNC1.Cl. The van der Waals surface area contributed by atoms with Crippen molar-refractivity contribution in [2.45, 2.75) is 51.5 Å². The van der Waals surface area contributed by atoms with Crippen molar-refractivity contribution in [2.24, 2.45) is 0 Å². The Morgan fingerprint density at radius 2 is 2.05 bits per heavy atom. The molecule has 3 nitrogen and oxygen atoms in total. The summed E-state index contributed by atoms with van der Waals surface area (Å²) in [6.07, 6.45) is 6.96. The predicted molar refractivity (Wildman–Crippen MR) is 92.9 cm³/mol. The van der Waals surface area contributed by atoms with Crippen molar-refractivity contribution in [1.82, 2.24) is 10.2 Å². The summed E-state index contributed by atoms with van der Waals surface area (Å²) in [5, 5.41) is 3.37. The topological polar surface area (TPSA) is 32.3 Å². The molecule has 122 valence electrons. The minimum absolute atomic E-state index is 0. The lowest BCUT2D eigenvalue weighted by Gasteiger charge is -2.29. The fourth-order valence-electron chi connectivity index (χ4n) is 3.63. The summed E-state index contributed by atoms with van der Waals surface area (Å²) < 4.78 is 0. The summed E-state index contributed by atoms with van der Waals surface area (Å²) >= 11 is 0. The quantitative estimate of drug-likeness (QED) is 0.923. The standard InChI is InChI=1S/C18H26N2O.ClH/c1-2-11-20(17-9-10-19-13-17)18(21)16-8-7-14-5-3-4-6-15(14)12-16;/h7-8,12,17,19H,2-6,9-11,13H2,1H3;1H. The number of carbonyl (C=O) groups excluding carboxylic acids is 1. The molecule has 22 heavy (non-hydrogen) atoms. The summed E-state index contributed by atoms with van der Waals surface area (Å²) in [7, 11) is 0. The van der Waals surface area contributed by atoms with E-state index in [0.29, 0.717) is 6.04 Å². The Kier molecular flexibility index (Phi) is 6.27. The molecule has 0 saturated carbocycles. The second kappa shape index (κ2) is 7.98. The molecule has 1 aliphatic carbocycles. The Balaban J connectivity index is 0.00000176. The minimum Gasteiger partial charge on any atom is -0.334 e. The van der Waals surface area contributed by atoms with Crippen molar-refractivity contribution in [3.8, 4) is 0 Å². The number of nitrogens with one attached hydrogen (secondary N) is 1. The lowest BCUT2D eigenvalue weighted by Crippen LogP contribution is -2.42. The van der Waals surface area contributed by atoms with Crippen molar-refractivity contribution in [3.63, 3.8) is 0 Å². The molecule has 1 saturated heterocycles. The first-order valence-corrected chi connectivity index (χ1v) is 8.43. The van der Waals surface area contributed by atoms with Crippen LogP contribution in [0, 0.1) is 0 Å². The largest absolute Gasteiger partial charge is 0.334 e. The van der Waals surface area contributed by atoms with E-state index in [1.807, 2.05) is 6.07 Å². The zero-order valence-corrected chi connectivity index (χ0v) is 14.3. The molecule has 1 aliphatic heterocycles. The molecule has 1 atom stereocenters. The van der Waals surface area contributed by atoms with Crippen LogP contribution < -0.4 is 5.32 Å². The van der Waals surface area contributed by atoms with Crippen LogP contribution >= 0.6 is 12.4 Å². The number of benzene rings is 1. The Morgan fingerprint density at radius 1 is 1.27 bits per heavy atom. The number of carbonyl (C=O) groups is 1. The predicted octanol–water partition coefficient (Wildman–Crippen LogP) is 3.20. The maximum absolute atomic E-state index is 12.9. The molecule has 4 heteroatoms. The third-order valence-electron chi connectivity index (χ3n) is 4.80. The van der Waals surface area contributed by atoms with Gasteiger partial charge in [-0.25, -0.2) is 0 Å². The summed E-state index contributed by atoms with van der Waals surface area (Å²) in [5.41, 5.74) is 3.73. The average molecular weight is 323 g/mol. The number of rotatable bonds is 4. The molecular formula is C18H27ClN2O. The van der Waals surface area contributed by atoms with E-state index in [9.17, 15) is 4.79 Å². The third kappa shape index (κ3) is 3.64. The zero-order valence-electron chi connectivity index (χ0n) is 13.4. The van der Waals surface area contributed by atoms with E-state index < -0.39 is 0 Å². The van der Waals surface area contributed by atoms with Gasteiger partial charge in [0.25, 0.3) is 5.91 Å². The van der Waals surface area contributed by atoms with E-state index in [-0.39, 0.29) is 18.3 Å². The smallest absolute Gasteiger partial charge is 0.254 e. The third-order valence-corrected chi connectivity index (χ3v) is 4.80. The van der Waals surface area contributed by atoms with Crippen LogP contribution in [0.4, 0.5) is 0 Å². The Hall–Kier alpha value is -1.06. The highest BCUT2D eigenvalue weighted by molar-refractivity contribution is 5.94. The zero-order chi connectivity index (χ0) is 14.7. The first kappa shape index (κ1) is 17.3. The molecule has 1 unspecified atom stereocenters. The van der Waals surface area contributed by atoms with Crippen molar-refractivity contribution in [3.05, 3.63) is 34.9 Å². The van der Waals surface area contributed by atoms with Crippen molar-refractivity contribution >= 4 is 18.3 Å². The Morgan fingerprint density at radius 3 is 2.73 bits per heavy atom. The van der Waals surface area contributed by atoms with Gasteiger partial charge in [0, 0.05) is 24.7 Å². The molecular weight excluding hydrogens is 296 g/mol. The number of hydrogen-bond acceptors (Lipinski definition) is 2. The summed E-state index contributed by atoms with van der Waals surface area (Å²) in [5.74, 6) is 0.221. The Labute approximate surface area is 139 Å². The molecule has 1 amide bonds. The molecule has 1 fully saturated rings. The van der Waals surface area contributed by atoms with Crippen molar-refractivity contribution in [2.75, 3.05) is 19.6 Å². The summed E-state index contributed by atoms with van der Waals surface area (Å²) in [6, 6.07) is 6.74. The molecule has 0 aromatic heterocycles. The molecule has 1 aromatic rings. The summed E-state index contributed by atoms with van der Waals surface area (Å²) in [6.45, 7) is 4.98. The van der Waals surface area contributed by atoms with E-state index in [1.54, 1.807) is 0 Å².